The number of rotatable bonds is 6. The number of H-pyrrole nitrogens is 1. The zero-order valence-corrected chi connectivity index (χ0v) is 11.1. The maximum absolute atomic E-state index is 12.1. The van der Waals surface area contributed by atoms with Crippen LogP contribution >= 0.6 is 0 Å². The van der Waals surface area contributed by atoms with Crippen LogP contribution in [-0.2, 0) is 9.59 Å². The predicted octanol–water partition coefficient (Wildman–Crippen LogP) is 0.616. The summed E-state index contributed by atoms with van der Waals surface area (Å²) in [6.45, 7) is 0. The molecule has 0 bridgehead atoms. The van der Waals surface area contributed by atoms with Crippen LogP contribution in [0.1, 0.15) is 23.2 Å². The number of carbonyl (C=O) groups excluding carboxylic acids is 2. The van der Waals surface area contributed by atoms with Crippen LogP contribution in [0.4, 0.5) is 0 Å². The number of hydrogen-bond acceptors (Lipinski definition) is 3. The standard InChI is InChI=1S/C14H15N3O4/c15-12(18)4-3-11(14(20)21)17-13(19)9-1-2-10-8(7-9)5-6-16-10/h1-2,5-7,11,16H,3-4H2,(H2,15,18)(H,17,19)(H,20,21). The first-order valence-electron chi connectivity index (χ1n) is 6.36. The zero-order chi connectivity index (χ0) is 15.4. The van der Waals surface area contributed by atoms with E-state index in [0.29, 0.717) is 5.56 Å². The highest BCUT2D eigenvalue weighted by molar-refractivity contribution is 5.99. The highest BCUT2D eigenvalue weighted by Gasteiger charge is 2.21. The van der Waals surface area contributed by atoms with Gasteiger partial charge in [0.25, 0.3) is 5.91 Å². The van der Waals surface area contributed by atoms with Crippen molar-refractivity contribution in [2.45, 2.75) is 18.9 Å². The Morgan fingerprint density at radius 2 is 2.05 bits per heavy atom. The molecule has 5 N–H and O–H groups in total. The fraction of sp³-hybridized carbons (Fsp3) is 0.214. The molecule has 2 amide bonds. The molecular formula is C14H15N3O4. The lowest BCUT2D eigenvalue weighted by atomic mass is 10.1. The third-order valence-electron chi connectivity index (χ3n) is 3.10. The molecule has 7 nitrogen and oxygen atoms in total. The van der Waals surface area contributed by atoms with Crippen molar-refractivity contribution in [3.63, 3.8) is 0 Å². The predicted molar refractivity (Wildman–Crippen MR) is 75.6 cm³/mol. The van der Waals surface area contributed by atoms with Gasteiger partial charge >= 0.3 is 5.97 Å². The molecule has 21 heavy (non-hydrogen) atoms. The third kappa shape index (κ3) is 3.59. The van der Waals surface area contributed by atoms with E-state index in [1.165, 1.54) is 0 Å². The number of aliphatic carboxylic acids is 1. The van der Waals surface area contributed by atoms with Crippen LogP contribution in [0, 0.1) is 0 Å². The topological polar surface area (TPSA) is 125 Å². The first kappa shape index (κ1) is 14.6. The van der Waals surface area contributed by atoms with E-state index >= 15 is 0 Å². The molecule has 0 aliphatic carbocycles. The number of nitrogens with one attached hydrogen (secondary N) is 2. The first-order chi connectivity index (χ1) is 9.97. The number of carboxylic acid groups (broad SMARTS) is 1. The minimum Gasteiger partial charge on any atom is -0.480 e. The second-order valence-corrected chi connectivity index (χ2v) is 4.65. The van der Waals surface area contributed by atoms with Crippen molar-refractivity contribution in [1.82, 2.24) is 10.3 Å². The van der Waals surface area contributed by atoms with E-state index in [1.807, 2.05) is 6.07 Å². The molecule has 1 aromatic carbocycles. The number of primary amides is 1. The molecule has 0 radical (unpaired) electrons. The van der Waals surface area contributed by atoms with E-state index in [9.17, 15) is 14.4 Å². The minimum absolute atomic E-state index is 0.0389. The Bertz CT molecular complexity index is 692. The van der Waals surface area contributed by atoms with Gasteiger partial charge in [-0.1, -0.05) is 0 Å². The molecule has 0 aliphatic heterocycles. The number of nitrogens with two attached hydrogens (primary N) is 1. The summed E-state index contributed by atoms with van der Waals surface area (Å²) in [5.41, 5.74) is 6.22. The number of carbonyl (C=O) groups is 3. The van der Waals surface area contributed by atoms with E-state index in [2.05, 4.69) is 10.3 Å². The summed E-state index contributed by atoms with van der Waals surface area (Å²) in [6.07, 6.45) is 1.61. The van der Waals surface area contributed by atoms with Crippen LogP contribution in [0.2, 0.25) is 0 Å². The molecule has 0 saturated carbocycles. The van der Waals surface area contributed by atoms with Crippen LogP contribution in [0.15, 0.2) is 30.5 Å². The Hall–Kier alpha value is -2.83. The Kier molecular flexibility index (Phi) is 4.22. The van der Waals surface area contributed by atoms with E-state index in [-0.39, 0.29) is 12.8 Å². The summed E-state index contributed by atoms with van der Waals surface area (Å²) in [4.78, 5) is 36.9. The maximum atomic E-state index is 12.1. The van der Waals surface area contributed by atoms with Gasteiger partial charge in [0.2, 0.25) is 5.91 Å². The summed E-state index contributed by atoms with van der Waals surface area (Å²) in [5.74, 6) is -2.31. The molecule has 0 spiro atoms. The molecule has 1 aromatic heterocycles. The van der Waals surface area contributed by atoms with Gasteiger partial charge in [0.05, 0.1) is 0 Å². The quantitative estimate of drug-likeness (QED) is 0.621. The molecule has 7 heteroatoms. The van der Waals surface area contributed by atoms with Gasteiger partial charge in [-0.2, -0.15) is 0 Å². The van der Waals surface area contributed by atoms with Gasteiger partial charge < -0.3 is 21.1 Å². The third-order valence-corrected chi connectivity index (χ3v) is 3.10. The second-order valence-electron chi connectivity index (χ2n) is 4.65. The van der Waals surface area contributed by atoms with Crippen molar-refractivity contribution >= 4 is 28.7 Å². The van der Waals surface area contributed by atoms with E-state index in [1.54, 1.807) is 24.4 Å². The van der Waals surface area contributed by atoms with Crippen LogP contribution in [0.25, 0.3) is 10.9 Å². The maximum Gasteiger partial charge on any atom is 0.326 e. The normalized spacial score (nSPS) is 12.0. The summed E-state index contributed by atoms with van der Waals surface area (Å²) in [5, 5.41) is 12.3. The van der Waals surface area contributed by atoms with E-state index < -0.39 is 23.8 Å². The van der Waals surface area contributed by atoms with Crippen LogP contribution < -0.4 is 11.1 Å². The molecule has 110 valence electrons. The Balaban J connectivity index is 2.10. The molecule has 0 aliphatic rings. The number of aromatic nitrogens is 1. The number of amides is 2. The van der Waals surface area contributed by atoms with Gasteiger partial charge in [-0.25, -0.2) is 4.79 Å². The molecule has 1 heterocycles. The fourth-order valence-corrected chi connectivity index (χ4v) is 1.98. The van der Waals surface area contributed by atoms with Crippen molar-refractivity contribution in [2.24, 2.45) is 5.73 Å². The second kappa shape index (κ2) is 6.08. The number of fused-ring (bicyclic) bond motifs is 1. The van der Waals surface area contributed by atoms with Crippen LogP contribution in [0.3, 0.4) is 0 Å². The van der Waals surface area contributed by atoms with E-state index in [0.717, 1.165) is 10.9 Å². The lowest BCUT2D eigenvalue weighted by Crippen LogP contribution is -2.41. The lowest BCUT2D eigenvalue weighted by molar-refractivity contribution is -0.139. The average Bonchev–Trinajstić information content (AvgIpc) is 2.89. The molecule has 2 aromatic rings. The summed E-state index contributed by atoms with van der Waals surface area (Å²) < 4.78 is 0. The van der Waals surface area contributed by atoms with Gasteiger partial charge in [-0.3, -0.25) is 9.59 Å². The highest BCUT2D eigenvalue weighted by Crippen LogP contribution is 2.14. The molecule has 1 unspecified atom stereocenters. The summed E-state index contributed by atoms with van der Waals surface area (Å²) in [7, 11) is 0. The van der Waals surface area contributed by atoms with Gasteiger partial charge in [-0.05, 0) is 30.7 Å². The number of aromatic amines is 1. The average molecular weight is 289 g/mol. The van der Waals surface area contributed by atoms with E-state index in [4.69, 9.17) is 10.8 Å². The lowest BCUT2D eigenvalue weighted by Gasteiger charge is -2.13. The van der Waals surface area contributed by atoms with Crippen LogP contribution in [0.5, 0.6) is 0 Å². The van der Waals surface area contributed by atoms with Crippen molar-refractivity contribution in [1.29, 1.82) is 0 Å². The Labute approximate surface area is 120 Å². The number of carboxylic acids is 1. The summed E-state index contributed by atoms with van der Waals surface area (Å²) in [6, 6.07) is 5.67. The van der Waals surface area contributed by atoms with Gasteiger partial charge in [0, 0.05) is 29.1 Å². The largest absolute Gasteiger partial charge is 0.480 e. The minimum atomic E-state index is -1.20. The Morgan fingerprint density at radius 3 is 2.71 bits per heavy atom. The monoisotopic (exact) mass is 289 g/mol. The summed E-state index contributed by atoms with van der Waals surface area (Å²) >= 11 is 0. The van der Waals surface area contributed by atoms with Gasteiger partial charge in [-0.15, -0.1) is 0 Å². The van der Waals surface area contributed by atoms with Gasteiger partial charge in [0.15, 0.2) is 0 Å². The van der Waals surface area contributed by atoms with Crippen LogP contribution in [-0.4, -0.2) is 33.9 Å². The molecular weight excluding hydrogens is 274 g/mol. The van der Waals surface area contributed by atoms with Crippen molar-refractivity contribution < 1.29 is 19.5 Å². The van der Waals surface area contributed by atoms with Crippen molar-refractivity contribution in [3.05, 3.63) is 36.0 Å². The fourth-order valence-electron chi connectivity index (χ4n) is 1.98. The van der Waals surface area contributed by atoms with Crippen molar-refractivity contribution in [2.75, 3.05) is 0 Å². The van der Waals surface area contributed by atoms with Gasteiger partial charge in [0.1, 0.15) is 6.04 Å². The first-order valence-corrected chi connectivity index (χ1v) is 6.36. The van der Waals surface area contributed by atoms with Crippen molar-refractivity contribution in [3.8, 4) is 0 Å². The molecule has 0 saturated heterocycles. The number of benzene rings is 1. The molecule has 1 atom stereocenters. The Morgan fingerprint density at radius 1 is 1.29 bits per heavy atom. The molecule has 2 rings (SSSR count). The molecule has 0 fully saturated rings. The number of hydrogen-bond donors (Lipinski definition) is 4. The SMILES string of the molecule is NC(=O)CCC(NC(=O)c1ccc2[nH]ccc2c1)C(=O)O. The smallest absolute Gasteiger partial charge is 0.326 e. The zero-order valence-electron chi connectivity index (χ0n) is 11.1. The highest BCUT2D eigenvalue weighted by atomic mass is 16.4.